The zero-order chi connectivity index (χ0) is 17.7. The van der Waals surface area contributed by atoms with Crippen molar-refractivity contribution in [1.82, 2.24) is 10.2 Å². The van der Waals surface area contributed by atoms with E-state index in [9.17, 15) is 17.6 Å². The number of nitrogens with zero attached hydrogens (tertiary/aromatic N) is 1. The molecule has 7 nitrogen and oxygen atoms in total. The summed E-state index contributed by atoms with van der Waals surface area (Å²) in [5, 5.41) is 5.09. The molecule has 1 aromatic rings. The molecule has 9 heteroatoms. The van der Waals surface area contributed by atoms with Gasteiger partial charge in [0.05, 0.1) is 17.6 Å². The summed E-state index contributed by atoms with van der Waals surface area (Å²) in [6.07, 6.45) is 4.12. The molecule has 0 saturated carbocycles. The predicted octanol–water partition coefficient (Wildman–Crippen LogP) is 1.80. The summed E-state index contributed by atoms with van der Waals surface area (Å²) in [4.78, 5) is 14.1. The van der Waals surface area contributed by atoms with Crippen LogP contribution in [0.4, 0.5) is 20.6 Å². The van der Waals surface area contributed by atoms with Crippen LogP contribution in [0.3, 0.4) is 0 Å². The van der Waals surface area contributed by atoms with Crippen LogP contribution < -0.4 is 15.4 Å². The molecule has 1 aliphatic rings. The van der Waals surface area contributed by atoms with Crippen molar-refractivity contribution in [3.05, 3.63) is 24.0 Å². The molecule has 0 aromatic heterocycles. The van der Waals surface area contributed by atoms with Crippen LogP contribution in [0.25, 0.3) is 0 Å². The molecule has 1 fully saturated rings. The second-order valence-corrected chi connectivity index (χ2v) is 7.76. The third-order valence-electron chi connectivity index (χ3n) is 3.95. The first-order valence-electron chi connectivity index (χ1n) is 7.77. The van der Waals surface area contributed by atoms with Crippen LogP contribution in [-0.4, -0.2) is 51.8 Å². The Bertz CT molecular complexity index is 696. The van der Waals surface area contributed by atoms with Crippen molar-refractivity contribution < 1.29 is 17.6 Å². The van der Waals surface area contributed by atoms with E-state index >= 15 is 0 Å². The second kappa shape index (κ2) is 7.80. The summed E-state index contributed by atoms with van der Waals surface area (Å²) < 4.78 is 38.4. The number of urea groups is 1. The first-order chi connectivity index (χ1) is 11.2. The monoisotopic (exact) mass is 358 g/mol. The van der Waals surface area contributed by atoms with Crippen molar-refractivity contribution in [3.63, 3.8) is 0 Å². The Hall–Kier alpha value is -1.87. The standard InChI is InChI=1S/C15H23FN4O3S/c1-20-9-3-4-12(20)7-8-17-15(21)18-14-10-11(5-6-13(14)16)19-24(2,22)23/h5-6,10,12,19H,3-4,7-9H2,1-2H3,(H2,17,18,21)/t12-/m0/s1. The number of benzene rings is 1. The number of likely N-dealkylation sites (tertiary alicyclic amines) is 1. The Morgan fingerprint density at radius 2 is 2.17 bits per heavy atom. The Balaban J connectivity index is 1.87. The summed E-state index contributed by atoms with van der Waals surface area (Å²) >= 11 is 0. The van der Waals surface area contributed by atoms with Crippen LogP contribution in [0.15, 0.2) is 18.2 Å². The van der Waals surface area contributed by atoms with E-state index in [1.54, 1.807) is 0 Å². The molecule has 24 heavy (non-hydrogen) atoms. The minimum Gasteiger partial charge on any atom is -0.338 e. The minimum atomic E-state index is -3.47. The molecule has 2 amide bonds. The van der Waals surface area contributed by atoms with Crippen molar-refractivity contribution in [2.75, 3.05) is 36.4 Å². The van der Waals surface area contributed by atoms with Crippen LogP contribution in [-0.2, 0) is 10.0 Å². The highest BCUT2D eigenvalue weighted by Crippen LogP contribution is 2.20. The maximum atomic E-state index is 13.8. The van der Waals surface area contributed by atoms with Crippen molar-refractivity contribution >= 4 is 27.4 Å². The largest absolute Gasteiger partial charge is 0.338 e. The first-order valence-corrected chi connectivity index (χ1v) is 9.66. The van der Waals surface area contributed by atoms with Gasteiger partial charge in [0.1, 0.15) is 5.82 Å². The van der Waals surface area contributed by atoms with Gasteiger partial charge >= 0.3 is 6.03 Å². The fourth-order valence-corrected chi connectivity index (χ4v) is 3.32. The highest BCUT2D eigenvalue weighted by Gasteiger charge is 2.20. The average molecular weight is 358 g/mol. The lowest BCUT2D eigenvalue weighted by atomic mass is 10.1. The SMILES string of the molecule is CN1CCC[C@H]1CCNC(=O)Nc1cc(NS(C)(=O)=O)ccc1F. The fourth-order valence-electron chi connectivity index (χ4n) is 2.76. The quantitative estimate of drug-likeness (QED) is 0.723. The van der Waals surface area contributed by atoms with E-state index in [0.717, 1.165) is 31.7 Å². The van der Waals surface area contributed by atoms with E-state index in [1.807, 2.05) is 0 Å². The van der Waals surface area contributed by atoms with Crippen molar-refractivity contribution in [1.29, 1.82) is 0 Å². The van der Waals surface area contributed by atoms with E-state index in [4.69, 9.17) is 0 Å². The number of amides is 2. The number of nitrogens with one attached hydrogen (secondary N) is 3. The molecule has 0 aliphatic carbocycles. The number of carbonyl (C=O) groups is 1. The smallest absolute Gasteiger partial charge is 0.319 e. The van der Waals surface area contributed by atoms with Crippen molar-refractivity contribution in [2.45, 2.75) is 25.3 Å². The third-order valence-corrected chi connectivity index (χ3v) is 4.56. The zero-order valence-electron chi connectivity index (χ0n) is 13.8. The van der Waals surface area contributed by atoms with Gasteiger partial charge in [-0.1, -0.05) is 0 Å². The van der Waals surface area contributed by atoms with Crippen molar-refractivity contribution in [2.24, 2.45) is 0 Å². The maximum Gasteiger partial charge on any atom is 0.319 e. The van der Waals surface area contributed by atoms with Crippen LogP contribution in [0.5, 0.6) is 0 Å². The Morgan fingerprint density at radius 1 is 1.42 bits per heavy atom. The molecular weight excluding hydrogens is 335 g/mol. The molecule has 134 valence electrons. The first kappa shape index (κ1) is 18.5. The third kappa shape index (κ3) is 5.64. The predicted molar refractivity (Wildman–Crippen MR) is 92.2 cm³/mol. The Kier molecular flexibility index (Phi) is 6.00. The van der Waals surface area contributed by atoms with E-state index in [-0.39, 0.29) is 11.4 Å². The number of hydrogen-bond acceptors (Lipinski definition) is 4. The van der Waals surface area contributed by atoms with Gasteiger partial charge < -0.3 is 15.5 Å². The molecule has 3 N–H and O–H groups in total. The topological polar surface area (TPSA) is 90.5 Å². The molecule has 1 aromatic carbocycles. The number of halogens is 1. The van der Waals surface area contributed by atoms with E-state index in [0.29, 0.717) is 12.6 Å². The molecule has 0 spiro atoms. The molecule has 0 bridgehead atoms. The summed E-state index contributed by atoms with van der Waals surface area (Å²) in [6.45, 7) is 1.56. The molecule has 1 saturated heterocycles. The van der Waals surface area contributed by atoms with E-state index in [1.165, 1.54) is 18.6 Å². The maximum absolute atomic E-state index is 13.8. The molecule has 0 radical (unpaired) electrons. The molecular formula is C15H23FN4O3S. The van der Waals surface area contributed by atoms with E-state index < -0.39 is 21.9 Å². The fraction of sp³-hybridized carbons (Fsp3) is 0.533. The van der Waals surface area contributed by atoms with Gasteiger partial charge in [0, 0.05) is 12.6 Å². The Labute approximate surface area is 141 Å². The molecule has 0 unspecified atom stereocenters. The zero-order valence-corrected chi connectivity index (χ0v) is 14.6. The van der Waals surface area contributed by atoms with Crippen LogP contribution in [0.1, 0.15) is 19.3 Å². The normalized spacial score (nSPS) is 18.4. The molecule has 2 rings (SSSR count). The average Bonchev–Trinajstić information content (AvgIpc) is 2.86. The van der Waals surface area contributed by atoms with Crippen molar-refractivity contribution in [3.8, 4) is 0 Å². The number of hydrogen-bond donors (Lipinski definition) is 3. The van der Waals surface area contributed by atoms with Gasteiger partial charge in [-0.25, -0.2) is 17.6 Å². The lowest BCUT2D eigenvalue weighted by Crippen LogP contribution is -2.34. The molecule has 1 aliphatic heterocycles. The lowest BCUT2D eigenvalue weighted by Gasteiger charge is -2.19. The summed E-state index contributed by atoms with van der Waals surface area (Å²) in [6, 6.07) is 3.56. The highest BCUT2D eigenvalue weighted by molar-refractivity contribution is 7.92. The van der Waals surface area contributed by atoms with E-state index in [2.05, 4.69) is 27.3 Å². The van der Waals surface area contributed by atoms with Gasteiger partial charge in [-0.2, -0.15) is 0 Å². The second-order valence-electron chi connectivity index (χ2n) is 6.02. The molecule has 1 atom stereocenters. The van der Waals surface area contributed by atoms with Crippen LogP contribution in [0, 0.1) is 5.82 Å². The lowest BCUT2D eigenvalue weighted by molar-refractivity contribution is 0.248. The van der Waals surface area contributed by atoms with Crippen LogP contribution >= 0.6 is 0 Å². The van der Waals surface area contributed by atoms with Crippen LogP contribution in [0.2, 0.25) is 0 Å². The van der Waals surface area contributed by atoms with Gasteiger partial charge in [-0.15, -0.1) is 0 Å². The highest BCUT2D eigenvalue weighted by atomic mass is 32.2. The number of anilines is 2. The van der Waals surface area contributed by atoms with Gasteiger partial charge in [-0.05, 0) is 51.1 Å². The number of carbonyl (C=O) groups excluding carboxylic acids is 1. The summed E-state index contributed by atoms with van der Waals surface area (Å²) in [5.41, 5.74) is 0.0981. The summed E-state index contributed by atoms with van der Waals surface area (Å²) in [7, 11) is -1.41. The molecule has 1 heterocycles. The minimum absolute atomic E-state index is 0.0841. The Morgan fingerprint density at radius 3 is 2.79 bits per heavy atom. The van der Waals surface area contributed by atoms with Gasteiger partial charge in [0.25, 0.3) is 0 Å². The van der Waals surface area contributed by atoms with Gasteiger partial charge in [0.2, 0.25) is 10.0 Å². The number of rotatable bonds is 6. The van der Waals surface area contributed by atoms with Gasteiger partial charge in [-0.3, -0.25) is 4.72 Å². The summed E-state index contributed by atoms with van der Waals surface area (Å²) in [5.74, 6) is -0.639. The number of sulfonamides is 1. The van der Waals surface area contributed by atoms with Gasteiger partial charge in [0.15, 0.2) is 0 Å².